The third-order valence-electron chi connectivity index (χ3n) is 4.29. The number of benzene rings is 2. The molecular formula is C19H17FN2O2. The van der Waals surface area contributed by atoms with Crippen LogP contribution in [0.25, 0.3) is 0 Å². The molecule has 1 aliphatic rings. The van der Waals surface area contributed by atoms with Crippen molar-refractivity contribution in [2.24, 2.45) is 5.92 Å². The third-order valence-corrected chi connectivity index (χ3v) is 4.29. The van der Waals surface area contributed by atoms with Crippen LogP contribution in [-0.4, -0.2) is 10.1 Å². The minimum Gasteiger partial charge on any atom is -0.482 e. The highest BCUT2D eigenvalue weighted by atomic mass is 19.1. The molecule has 1 heterocycles. The summed E-state index contributed by atoms with van der Waals surface area (Å²) in [6, 6.07) is 16.7. The Morgan fingerprint density at radius 1 is 1.08 bits per heavy atom. The first-order chi connectivity index (χ1) is 11.8. The molecule has 1 saturated carbocycles. The molecule has 0 amide bonds. The molecule has 0 spiro atoms. The number of nitrogens with zero attached hydrogens (tertiary/aromatic N) is 2. The predicted octanol–water partition coefficient (Wildman–Crippen LogP) is 4.13. The average molecular weight is 324 g/mol. The van der Waals surface area contributed by atoms with Gasteiger partial charge in [-0.2, -0.15) is 4.98 Å². The second-order valence-corrected chi connectivity index (χ2v) is 6.04. The second-order valence-electron chi connectivity index (χ2n) is 6.04. The quantitative estimate of drug-likeness (QED) is 0.684. The highest BCUT2D eigenvalue weighted by molar-refractivity contribution is 5.26. The van der Waals surface area contributed by atoms with E-state index in [9.17, 15) is 4.39 Å². The van der Waals surface area contributed by atoms with Gasteiger partial charge in [0.2, 0.25) is 11.7 Å². The molecule has 0 N–H and O–H groups in total. The SMILES string of the molecule is Fc1ccccc1OCc1noc(C[C@@H]2C[C@H]2c2ccccc2)n1. The fourth-order valence-corrected chi connectivity index (χ4v) is 2.94. The molecule has 122 valence electrons. The Bertz CT molecular complexity index is 819. The topological polar surface area (TPSA) is 48.2 Å². The number of halogens is 1. The van der Waals surface area contributed by atoms with Crippen LogP contribution >= 0.6 is 0 Å². The van der Waals surface area contributed by atoms with E-state index in [4.69, 9.17) is 9.26 Å². The summed E-state index contributed by atoms with van der Waals surface area (Å²) in [5.41, 5.74) is 1.37. The molecule has 4 rings (SSSR count). The first-order valence-electron chi connectivity index (χ1n) is 8.03. The lowest BCUT2D eigenvalue weighted by molar-refractivity contribution is 0.272. The summed E-state index contributed by atoms with van der Waals surface area (Å²) < 4.78 is 24.2. The van der Waals surface area contributed by atoms with Crippen molar-refractivity contribution in [1.82, 2.24) is 10.1 Å². The van der Waals surface area contributed by atoms with E-state index in [1.807, 2.05) is 6.07 Å². The van der Waals surface area contributed by atoms with Crippen LogP contribution in [0.5, 0.6) is 5.75 Å². The van der Waals surface area contributed by atoms with Crippen molar-refractivity contribution in [2.75, 3.05) is 0 Å². The summed E-state index contributed by atoms with van der Waals surface area (Å²) in [6.45, 7) is 0.0945. The van der Waals surface area contributed by atoms with Gasteiger partial charge in [-0.3, -0.25) is 0 Å². The summed E-state index contributed by atoms with van der Waals surface area (Å²) in [7, 11) is 0. The first kappa shape index (κ1) is 14.9. The Morgan fingerprint density at radius 3 is 2.71 bits per heavy atom. The Hall–Kier alpha value is -2.69. The van der Waals surface area contributed by atoms with E-state index in [1.54, 1.807) is 18.2 Å². The van der Waals surface area contributed by atoms with Crippen LogP contribution in [0.1, 0.15) is 29.6 Å². The van der Waals surface area contributed by atoms with Crippen LogP contribution in [0.15, 0.2) is 59.1 Å². The van der Waals surface area contributed by atoms with Crippen LogP contribution in [0, 0.1) is 11.7 Å². The van der Waals surface area contributed by atoms with Crippen molar-refractivity contribution in [3.8, 4) is 5.75 Å². The molecule has 3 aromatic rings. The van der Waals surface area contributed by atoms with Gasteiger partial charge in [-0.15, -0.1) is 0 Å². The van der Waals surface area contributed by atoms with Crippen molar-refractivity contribution in [3.05, 3.63) is 77.7 Å². The molecule has 1 aromatic heterocycles. The minimum atomic E-state index is -0.398. The molecule has 1 fully saturated rings. The number of hydrogen-bond acceptors (Lipinski definition) is 4. The lowest BCUT2D eigenvalue weighted by Crippen LogP contribution is -1.99. The molecule has 24 heavy (non-hydrogen) atoms. The summed E-state index contributed by atoms with van der Waals surface area (Å²) in [5.74, 6) is 1.97. The van der Waals surface area contributed by atoms with Crippen molar-refractivity contribution >= 4 is 0 Å². The summed E-state index contributed by atoms with van der Waals surface area (Å²) in [6.07, 6.45) is 1.92. The van der Waals surface area contributed by atoms with Crippen LogP contribution in [-0.2, 0) is 13.0 Å². The minimum absolute atomic E-state index is 0.0945. The summed E-state index contributed by atoms with van der Waals surface area (Å²) in [4.78, 5) is 4.34. The average Bonchev–Trinajstić information content (AvgIpc) is 3.23. The van der Waals surface area contributed by atoms with Crippen molar-refractivity contribution in [1.29, 1.82) is 0 Å². The standard InChI is InChI=1S/C19H17FN2O2/c20-16-8-4-5-9-17(16)23-12-18-21-19(24-22-18)11-14-10-15(14)13-6-2-1-3-7-13/h1-9,14-15H,10-12H2/t14-,15-/m0/s1. The van der Waals surface area contributed by atoms with Crippen molar-refractivity contribution in [2.45, 2.75) is 25.4 Å². The van der Waals surface area contributed by atoms with Crippen molar-refractivity contribution in [3.63, 3.8) is 0 Å². The molecule has 0 saturated heterocycles. The van der Waals surface area contributed by atoms with Gasteiger partial charge in [0.15, 0.2) is 18.2 Å². The maximum absolute atomic E-state index is 13.5. The van der Waals surface area contributed by atoms with Gasteiger partial charge in [-0.1, -0.05) is 47.6 Å². The number of para-hydroxylation sites is 1. The van der Waals surface area contributed by atoms with Gasteiger partial charge in [-0.25, -0.2) is 4.39 Å². The summed E-state index contributed by atoms with van der Waals surface area (Å²) >= 11 is 0. The van der Waals surface area contributed by atoms with Crippen LogP contribution < -0.4 is 4.74 Å². The normalized spacial score (nSPS) is 19.2. The van der Waals surface area contributed by atoms with Gasteiger partial charge in [0, 0.05) is 6.42 Å². The zero-order chi connectivity index (χ0) is 16.4. The third kappa shape index (κ3) is 3.30. The van der Waals surface area contributed by atoms with Gasteiger partial charge < -0.3 is 9.26 Å². The maximum Gasteiger partial charge on any atom is 0.227 e. The van der Waals surface area contributed by atoms with Gasteiger partial charge in [-0.05, 0) is 36.0 Å². The molecule has 2 aromatic carbocycles. The first-order valence-corrected chi connectivity index (χ1v) is 8.03. The Balaban J connectivity index is 1.32. The Labute approximate surface area is 139 Å². The fraction of sp³-hybridized carbons (Fsp3) is 0.263. The van der Waals surface area contributed by atoms with Gasteiger partial charge >= 0.3 is 0 Å². The Morgan fingerprint density at radius 2 is 1.88 bits per heavy atom. The smallest absolute Gasteiger partial charge is 0.227 e. The molecule has 2 atom stereocenters. The molecule has 0 bridgehead atoms. The van der Waals surface area contributed by atoms with Gasteiger partial charge in [0.1, 0.15) is 0 Å². The molecule has 0 radical (unpaired) electrons. The number of aromatic nitrogens is 2. The zero-order valence-electron chi connectivity index (χ0n) is 13.1. The Kier molecular flexibility index (Phi) is 3.99. The second kappa shape index (κ2) is 6.43. The van der Waals surface area contributed by atoms with E-state index < -0.39 is 5.82 Å². The van der Waals surface area contributed by atoms with E-state index in [0.717, 1.165) is 12.8 Å². The number of hydrogen-bond donors (Lipinski definition) is 0. The molecule has 0 aliphatic heterocycles. The van der Waals surface area contributed by atoms with Crippen molar-refractivity contribution < 1.29 is 13.7 Å². The highest BCUT2D eigenvalue weighted by Crippen LogP contribution is 2.48. The van der Waals surface area contributed by atoms with E-state index in [-0.39, 0.29) is 12.4 Å². The van der Waals surface area contributed by atoms with E-state index in [2.05, 4.69) is 34.4 Å². The molecule has 4 nitrogen and oxygen atoms in total. The summed E-state index contributed by atoms with van der Waals surface area (Å²) in [5, 5.41) is 3.91. The van der Waals surface area contributed by atoms with E-state index in [0.29, 0.717) is 23.6 Å². The molecule has 0 unspecified atom stereocenters. The van der Waals surface area contributed by atoms with Gasteiger partial charge in [0.25, 0.3) is 0 Å². The molecular weight excluding hydrogens is 307 g/mol. The highest BCUT2D eigenvalue weighted by Gasteiger charge is 2.39. The monoisotopic (exact) mass is 324 g/mol. The van der Waals surface area contributed by atoms with E-state index >= 15 is 0 Å². The number of rotatable bonds is 6. The predicted molar refractivity (Wildman–Crippen MR) is 86.0 cm³/mol. The maximum atomic E-state index is 13.5. The largest absolute Gasteiger partial charge is 0.482 e. The lowest BCUT2D eigenvalue weighted by Gasteiger charge is -2.03. The molecule has 1 aliphatic carbocycles. The fourth-order valence-electron chi connectivity index (χ4n) is 2.94. The lowest BCUT2D eigenvalue weighted by atomic mass is 10.1. The van der Waals surface area contributed by atoms with Crippen LogP contribution in [0.2, 0.25) is 0 Å². The number of ether oxygens (including phenoxy) is 1. The van der Waals surface area contributed by atoms with Crippen LogP contribution in [0.4, 0.5) is 4.39 Å². The molecule has 5 heteroatoms. The van der Waals surface area contributed by atoms with E-state index in [1.165, 1.54) is 11.6 Å². The van der Waals surface area contributed by atoms with Crippen LogP contribution in [0.3, 0.4) is 0 Å². The van der Waals surface area contributed by atoms with Gasteiger partial charge in [0.05, 0.1) is 0 Å². The zero-order valence-corrected chi connectivity index (χ0v) is 13.1.